The molecule has 1 fully saturated rings. The van der Waals surface area contributed by atoms with Crippen LogP contribution in [0.15, 0.2) is 24.3 Å². The Bertz CT molecular complexity index is 790. The van der Waals surface area contributed by atoms with Gasteiger partial charge in [-0.1, -0.05) is 26.0 Å². The van der Waals surface area contributed by atoms with Crippen molar-refractivity contribution in [1.29, 1.82) is 0 Å². The Balaban J connectivity index is 0.00000109. The zero-order valence-corrected chi connectivity index (χ0v) is 17.3. The Morgan fingerprint density at radius 3 is 2.57 bits per heavy atom. The zero-order chi connectivity index (χ0) is 20.1. The molecule has 28 heavy (non-hydrogen) atoms. The molecule has 152 valence electrons. The number of aliphatic hydroxyl groups excluding tert-OH is 1. The normalized spacial score (nSPS) is 17.5. The van der Waals surface area contributed by atoms with Crippen LogP contribution in [0.1, 0.15) is 42.6 Å². The van der Waals surface area contributed by atoms with E-state index < -0.39 is 6.10 Å². The van der Waals surface area contributed by atoms with E-state index in [1.807, 2.05) is 32.0 Å². The summed E-state index contributed by atoms with van der Waals surface area (Å²) in [5.41, 5.74) is 3.81. The predicted molar refractivity (Wildman–Crippen MR) is 111 cm³/mol. The van der Waals surface area contributed by atoms with Gasteiger partial charge in [0.1, 0.15) is 6.10 Å². The fourth-order valence-corrected chi connectivity index (χ4v) is 3.55. The molecule has 2 aromatic rings. The van der Waals surface area contributed by atoms with Crippen molar-refractivity contribution >= 4 is 5.69 Å². The van der Waals surface area contributed by atoms with Gasteiger partial charge in [0.05, 0.1) is 18.4 Å². The third-order valence-corrected chi connectivity index (χ3v) is 5.16. The molecule has 4 rings (SSSR count). The summed E-state index contributed by atoms with van der Waals surface area (Å²) in [5.74, 6) is 0.934. The number of ether oxygens (including phenoxy) is 1. The van der Waals surface area contributed by atoms with Crippen LogP contribution < -0.4 is 15.0 Å². The van der Waals surface area contributed by atoms with Gasteiger partial charge in [-0.05, 0) is 24.7 Å². The van der Waals surface area contributed by atoms with Gasteiger partial charge in [-0.15, -0.1) is 0 Å². The fourth-order valence-electron chi connectivity index (χ4n) is 3.55. The molecule has 0 amide bonds. The number of likely N-dealkylation sites (N-methyl/N-ethyl adjacent to an activating group) is 1. The summed E-state index contributed by atoms with van der Waals surface area (Å²) in [6, 6.07) is 8.04. The Morgan fingerprint density at radius 1 is 1.11 bits per heavy atom. The topological polar surface area (TPSA) is 73.8 Å². The van der Waals surface area contributed by atoms with Gasteiger partial charge in [-0.3, -0.25) is 0 Å². The molecule has 7 heteroatoms. The first-order valence-corrected chi connectivity index (χ1v) is 10.0. The molecule has 1 atom stereocenters. The molecule has 0 bridgehead atoms. The lowest BCUT2D eigenvalue weighted by Crippen LogP contribution is -2.44. The third kappa shape index (κ3) is 4.27. The second kappa shape index (κ2) is 9.32. The number of aliphatic hydroxyl groups is 1. The molecule has 2 aliphatic heterocycles. The van der Waals surface area contributed by atoms with Crippen molar-refractivity contribution in [3.63, 3.8) is 0 Å². The van der Waals surface area contributed by atoms with Crippen LogP contribution in [0, 0.1) is 0 Å². The molecule has 7 nitrogen and oxygen atoms in total. The summed E-state index contributed by atoms with van der Waals surface area (Å²) in [5, 5.41) is 14.1. The molecule has 0 aliphatic carbocycles. The van der Waals surface area contributed by atoms with Crippen LogP contribution in [0.3, 0.4) is 0 Å². The molecular weight excluding hydrogens is 354 g/mol. The lowest BCUT2D eigenvalue weighted by atomic mass is 10.1. The van der Waals surface area contributed by atoms with Crippen molar-refractivity contribution < 1.29 is 9.84 Å². The van der Waals surface area contributed by atoms with Gasteiger partial charge < -0.3 is 25.0 Å². The van der Waals surface area contributed by atoms with Gasteiger partial charge in [0.2, 0.25) is 5.88 Å². The lowest BCUT2D eigenvalue weighted by Gasteiger charge is -2.34. The maximum Gasteiger partial charge on any atom is 0.221 e. The largest absolute Gasteiger partial charge is 0.481 e. The first-order valence-electron chi connectivity index (χ1n) is 10.0. The SMILES string of the molecule is CC.COc1nc(C(O)c2cccc(N3CCN(C)CC3)c2)nc2c1CNC2. The van der Waals surface area contributed by atoms with Gasteiger partial charge in [-0.2, -0.15) is 4.98 Å². The van der Waals surface area contributed by atoms with E-state index in [1.165, 1.54) is 0 Å². The first-order chi connectivity index (χ1) is 13.7. The number of anilines is 1. The minimum Gasteiger partial charge on any atom is -0.481 e. The van der Waals surface area contributed by atoms with Gasteiger partial charge in [0, 0.05) is 45.0 Å². The zero-order valence-electron chi connectivity index (χ0n) is 17.3. The highest BCUT2D eigenvalue weighted by Crippen LogP contribution is 2.29. The molecule has 0 radical (unpaired) electrons. The summed E-state index contributed by atoms with van der Waals surface area (Å²) in [7, 11) is 3.75. The minimum atomic E-state index is -0.873. The first kappa shape index (κ1) is 20.5. The monoisotopic (exact) mass is 385 g/mol. The highest BCUT2D eigenvalue weighted by molar-refractivity contribution is 5.50. The smallest absolute Gasteiger partial charge is 0.221 e. The Labute approximate surface area is 167 Å². The van der Waals surface area contributed by atoms with Crippen LogP contribution in [0.4, 0.5) is 5.69 Å². The summed E-state index contributed by atoms with van der Waals surface area (Å²) in [6.07, 6.45) is -0.873. The average Bonchev–Trinajstić information content (AvgIpc) is 3.23. The van der Waals surface area contributed by atoms with E-state index in [0.717, 1.165) is 48.7 Å². The molecule has 2 aliphatic rings. The molecule has 1 aromatic heterocycles. The summed E-state index contributed by atoms with van der Waals surface area (Å²) >= 11 is 0. The number of rotatable bonds is 4. The van der Waals surface area contributed by atoms with Crippen molar-refractivity contribution in [2.45, 2.75) is 33.0 Å². The minimum absolute atomic E-state index is 0.389. The Morgan fingerprint density at radius 2 is 1.86 bits per heavy atom. The average molecular weight is 386 g/mol. The van der Waals surface area contributed by atoms with E-state index in [1.54, 1.807) is 7.11 Å². The summed E-state index contributed by atoms with van der Waals surface area (Å²) in [4.78, 5) is 13.7. The van der Waals surface area contributed by atoms with E-state index in [2.05, 4.69) is 38.2 Å². The van der Waals surface area contributed by atoms with Crippen LogP contribution in [0.2, 0.25) is 0 Å². The van der Waals surface area contributed by atoms with Crippen molar-refractivity contribution in [2.75, 3.05) is 45.2 Å². The number of hydrogen-bond acceptors (Lipinski definition) is 7. The predicted octanol–water partition coefficient (Wildman–Crippen LogP) is 1.95. The fraction of sp³-hybridized carbons (Fsp3) is 0.524. The Hall–Kier alpha value is -2.22. The van der Waals surface area contributed by atoms with Crippen molar-refractivity contribution in [3.05, 3.63) is 46.9 Å². The third-order valence-electron chi connectivity index (χ3n) is 5.16. The number of nitrogens with zero attached hydrogens (tertiary/aromatic N) is 4. The number of methoxy groups -OCH3 is 1. The van der Waals surface area contributed by atoms with Crippen LogP contribution in [-0.2, 0) is 13.1 Å². The molecule has 2 N–H and O–H groups in total. The van der Waals surface area contributed by atoms with Gasteiger partial charge in [-0.25, -0.2) is 4.98 Å². The molecule has 0 saturated carbocycles. The molecule has 0 spiro atoms. The van der Waals surface area contributed by atoms with E-state index in [-0.39, 0.29) is 0 Å². The number of benzene rings is 1. The van der Waals surface area contributed by atoms with E-state index in [9.17, 15) is 5.11 Å². The lowest BCUT2D eigenvalue weighted by molar-refractivity contribution is 0.207. The van der Waals surface area contributed by atoms with Crippen molar-refractivity contribution in [2.24, 2.45) is 0 Å². The number of aromatic nitrogens is 2. The second-order valence-electron chi connectivity index (χ2n) is 6.91. The summed E-state index contributed by atoms with van der Waals surface area (Å²) in [6.45, 7) is 9.45. The van der Waals surface area contributed by atoms with Gasteiger partial charge >= 0.3 is 0 Å². The van der Waals surface area contributed by atoms with E-state index in [4.69, 9.17) is 4.74 Å². The van der Waals surface area contributed by atoms with Crippen LogP contribution in [0.5, 0.6) is 5.88 Å². The molecule has 1 unspecified atom stereocenters. The second-order valence-corrected chi connectivity index (χ2v) is 6.91. The van der Waals surface area contributed by atoms with Crippen LogP contribution >= 0.6 is 0 Å². The van der Waals surface area contributed by atoms with E-state index in [0.29, 0.717) is 24.8 Å². The quantitative estimate of drug-likeness (QED) is 0.833. The van der Waals surface area contributed by atoms with Gasteiger partial charge in [0.25, 0.3) is 0 Å². The highest BCUT2D eigenvalue weighted by atomic mass is 16.5. The van der Waals surface area contributed by atoms with Crippen molar-refractivity contribution in [3.8, 4) is 5.88 Å². The molecule has 1 aromatic carbocycles. The van der Waals surface area contributed by atoms with Crippen LogP contribution in [0.25, 0.3) is 0 Å². The molecular formula is C21H31N5O2. The Kier molecular flexibility index (Phi) is 6.83. The number of fused-ring (bicyclic) bond motifs is 1. The molecule has 3 heterocycles. The maximum atomic E-state index is 10.9. The summed E-state index contributed by atoms with van der Waals surface area (Å²) < 4.78 is 5.40. The van der Waals surface area contributed by atoms with Crippen LogP contribution in [-0.4, -0.2) is 60.3 Å². The standard InChI is InChI=1S/C19H25N5O2.C2H6/c1-23-6-8-24(9-7-23)14-5-3-4-13(10-14)17(25)18-21-16-12-20-11-15(16)19(22-18)26-2;1-2/h3-5,10,17,20,25H,6-9,11-12H2,1-2H3;1-2H3. The van der Waals surface area contributed by atoms with Gasteiger partial charge in [0.15, 0.2) is 5.82 Å². The number of nitrogens with one attached hydrogen (secondary N) is 1. The van der Waals surface area contributed by atoms with Crippen molar-refractivity contribution in [1.82, 2.24) is 20.2 Å². The molecule has 1 saturated heterocycles. The number of piperazine rings is 1. The highest BCUT2D eigenvalue weighted by Gasteiger charge is 2.24. The maximum absolute atomic E-state index is 10.9. The number of hydrogen-bond donors (Lipinski definition) is 2. The van der Waals surface area contributed by atoms with E-state index >= 15 is 0 Å².